The highest BCUT2D eigenvalue weighted by Crippen LogP contribution is 2.31. The third-order valence-electron chi connectivity index (χ3n) is 4.97. The number of ketones is 1. The molecule has 1 heterocycles. The van der Waals surface area contributed by atoms with Crippen LogP contribution < -0.4 is 0 Å². The Morgan fingerprint density at radius 2 is 1.87 bits per heavy atom. The monoisotopic (exact) mass is 322 g/mol. The maximum Gasteiger partial charge on any atom is 0.305 e. The highest BCUT2D eigenvalue weighted by Gasteiger charge is 2.32. The summed E-state index contributed by atoms with van der Waals surface area (Å²) in [5, 5.41) is 0. The Hall–Kier alpha value is -1.12. The minimum absolute atomic E-state index is 0.0561. The van der Waals surface area contributed by atoms with Gasteiger partial charge in [0.2, 0.25) is 0 Å². The van der Waals surface area contributed by atoms with Crippen molar-refractivity contribution >= 4 is 11.8 Å². The first-order valence-electron chi connectivity index (χ1n) is 9.08. The Morgan fingerprint density at radius 3 is 2.57 bits per heavy atom. The SMILES string of the molecule is C/C1=C/CCOC(=O)CCC(C)(C)C(=O)C(C)CC(C)CCC1. The second kappa shape index (κ2) is 9.24. The molecule has 3 nitrogen and oxygen atoms in total. The maximum absolute atomic E-state index is 12.7. The van der Waals surface area contributed by atoms with Crippen molar-refractivity contribution in [3.05, 3.63) is 11.6 Å². The molecular weight excluding hydrogens is 288 g/mol. The summed E-state index contributed by atoms with van der Waals surface area (Å²) in [6, 6.07) is 0. The lowest BCUT2D eigenvalue weighted by Crippen LogP contribution is -2.31. The van der Waals surface area contributed by atoms with E-state index in [0.717, 1.165) is 32.1 Å². The van der Waals surface area contributed by atoms with E-state index in [1.807, 2.05) is 20.8 Å². The van der Waals surface area contributed by atoms with Crippen LogP contribution in [-0.2, 0) is 14.3 Å². The molecule has 2 atom stereocenters. The smallest absolute Gasteiger partial charge is 0.305 e. The molecule has 2 unspecified atom stereocenters. The molecule has 0 fully saturated rings. The van der Waals surface area contributed by atoms with Crippen molar-refractivity contribution in [2.24, 2.45) is 17.3 Å². The predicted molar refractivity (Wildman–Crippen MR) is 94.2 cm³/mol. The van der Waals surface area contributed by atoms with Crippen molar-refractivity contribution in [1.82, 2.24) is 0 Å². The summed E-state index contributed by atoms with van der Waals surface area (Å²) in [6.45, 7) is 10.8. The first-order chi connectivity index (χ1) is 10.7. The summed E-state index contributed by atoms with van der Waals surface area (Å²) >= 11 is 0. The third kappa shape index (κ3) is 7.32. The Morgan fingerprint density at radius 1 is 1.17 bits per heavy atom. The zero-order valence-electron chi connectivity index (χ0n) is 15.6. The number of ether oxygens (including phenoxy) is 1. The first-order valence-corrected chi connectivity index (χ1v) is 9.08. The van der Waals surface area contributed by atoms with Crippen LogP contribution in [0.2, 0.25) is 0 Å². The van der Waals surface area contributed by atoms with Gasteiger partial charge in [0.15, 0.2) is 0 Å². The van der Waals surface area contributed by atoms with Crippen LogP contribution in [0.4, 0.5) is 0 Å². The number of Topliss-reactive ketones (excluding diaryl/α,β-unsaturated/α-hetero) is 1. The molecule has 0 bridgehead atoms. The van der Waals surface area contributed by atoms with Crippen LogP contribution in [0.25, 0.3) is 0 Å². The molecule has 0 aliphatic carbocycles. The Bertz CT molecular complexity index is 434. The van der Waals surface area contributed by atoms with E-state index >= 15 is 0 Å². The average molecular weight is 322 g/mol. The van der Waals surface area contributed by atoms with Crippen LogP contribution in [0.1, 0.15) is 79.6 Å². The summed E-state index contributed by atoms with van der Waals surface area (Å²) < 4.78 is 5.27. The third-order valence-corrected chi connectivity index (χ3v) is 4.97. The van der Waals surface area contributed by atoms with E-state index in [1.54, 1.807) is 0 Å². The minimum atomic E-state index is -0.453. The summed E-state index contributed by atoms with van der Waals surface area (Å²) in [7, 11) is 0. The number of esters is 1. The molecule has 0 N–H and O–H groups in total. The maximum atomic E-state index is 12.7. The minimum Gasteiger partial charge on any atom is -0.465 e. The molecule has 3 heteroatoms. The van der Waals surface area contributed by atoms with E-state index in [9.17, 15) is 9.59 Å². The van der Waals surface area contributed by atoms with Gasteiger partial charge in [0, 0.05) is 17.8 Å². The predicted octanol–water partition coefficient (Wildman–Crippen LogP) is 5.09. The Balaban J connectivity index is 2.75. The van der Waals surface area contributed by atoms with Crippen molar-refractivity contribution in [1.29, 1.82) is 0 Å². The van der Waals surface area contributed by atoms with Gasteiger partial charge in [-0.05, 0) is 44.9 Å². The van der Waals surface area contributed by atoms with Gasteiger partial charge >= 0.3 is 5.97 Å². The van der Waals surface area contributed by atoms with Crippen LogP contribution in [0, 0.1) is 17.3 Å². The van der Waals surface area contributed by atoms with Gasteiger partial charge in [0.25, 0.3) is 0 Å². The molecule has 0 aromatic carbocycles. The standard InChI is InChI=1S/C20H34O3/c1-15-8-6-9-16(2)14-17(3)19(22)20(4,5)12-11-18(21)23-13-7-10-15/h10,16-17H,6-9,11-14H2,1-5H3/b15-10-. The van der Waals surface area contributed by atoms with Crippen LogP contribution in [0.5, 0.6) is 0 Å². The van der Waals surface area contributed by atoms with Gasteiger partial charge in [0.05, 0.1) is 6.61 Å². The summed E-state index contributed by atoms with van der Waals surface area (Å²) in [6.07, 6.45) is 8.21. The lowest BCUT2D eigenvalue weighted by molar-refractivity contribution is -0.144. The fraction of sp³-hybridized carbons (Fsp3) is 0.800. The Labute approximate surface area is 141 Å². The molecular formula is C20H34O3. The van der Waals surface area contributed by atoms with Crippen molar-refractivity contribution in [2.75, 3.05) is 6.61 Å². The van der Waals surface area contributed by atoms with Crippen molar-refractivity contribution < 1.29 is 14.3 Å². The van der Waals surface area contributed by atoms with Crippen LogP contribution in [0.15, 0.2) is 11.6 Å². The molecule has 0 aromatic heterocycles. The number of hydrogen-bond acceptors (Lipinski definition) is 3. The fourth-order valence-corrected chi connectivity index (χ4v) is 3.41. The largest absolute Gasteiger partial charge is 0.465 e. The van der Waals surface area contributed by atoms with Gasteiger partial charge in [-0.3, -0.25) is 9.59 Å². The number of rotatable bonds is 0. The number of carbonyl (C=O) groups is 2. The van der Waals surface area contributed by atoms with E-state index in [4.69, 9.17) is 4.74 Å². The lowest BCUT2D eigenvalue weighted by Gasteiger charge is -2.27. The molecule has 1 rings (SSSR count). The number of hydrogen-bond donors (Lipinski definition) is 0. The molecule has 0 saturated heterocycles. The molecule has 1 aliphatic heterocycles. The Kier molecular flexibility index (Phi) is 8.01. The number of allylic oxidation sites excluding steroid dienone is 1. The van der Waals surface area contributed by atoms with Gasteiger partial charge in [0.1, 0.15) is 5.78 Å². The van der Waals surface area contributed by atoms with Gasteiger partial charge in [-0.25, -0.2) is 0 Å². The van der Waals surface area contributed by atoms with Crippen molar-refractivity contribution in [3.63, 3.8) is 0 Å². The van der Waals surface area contributed by atoms with Gasteiger partial charge in [-0.2, -0.15) is 0 Å². The second-order valence-electron chi connectivity index (χ2n) is 7.94. The summed E-state index contributed by atoms with van der Waals surface area (Å²) in [5.41, 5.74) is 0.914. The lowest BCUT2D eigenvalue weighted by atomic mass is 9.75. The molecule has 0 amide bonds. The normalized spacial score (nSPS) is 31.1. The molecule has 0 aromatic rings. The van der Waals surface area contributed by atoms with Gasteiger partial charge in [-0.15, -0.1) is 0 Å². The summed E-state index contributed by atoms with van der Waals surface area (Å²) in [4.78, 5) is 24.5. The fourth-order valence-electron chi connectivity index (χ4n) is 3.41. The second-order valence-corrected chi connectivity index (χ2v) is 7.94. The molecule has 1 aliphatic rings. The number of carbonyl (C=O) groups excluding carboxylic acids is 2. The van der Waals surface area contributed by atoms with E-state index < -0.39 is 5.41 Å². The zero-order chi connectivity index (χ0) is 17.5. The van der Waals surface area contributed by atoms with Crippen molar-refractivity contribution in [3.8, 4) is 0 Å². The van der Waals surface area contributed by atoms with Crippen LogP contribution in [-0.4, -0.2) is 18.4 Å². The average Bonchev–Trinajstić information content (AvgIpc) is 2.48. The van der Waals surface area contributed by atoms with E-state index in [1.165, 1.54) is 5.57 Å². The van der Waals surface area contributed by atoms with Gasteiger partial charge in [-0.1, -0.05) is 45.8 Å². The quantitative estimate of drug-likeness (QED) is 0.461. The molecule has 132 valence electrons. The first kappa shape index (κ1) is 19.9. The highest BCUT2D eigenvalue weighted by atomic mass is 16.5. The van der Waals surface area contributed by atoms with Crippen LogP contribution in [0.3, 0.4) is 0 Å². The van der Waals surface area contributed by atoms with Crippen molar-refractivity contribution in [2.45, 2.75) is 79.6 Å². The molecule has 23 heavy (non-hydrogen) atoms. The molecule has 0 radical (unpaired) electrons. The van der Waals surface area contributed by atoms with Gasteiger partial charge < -0.3 is 4.74 Å². The topological polar surface area (TPSA) is 43.4 Å². The van der Waals surface area contributed by atoms with Crippen LogP contribution >= 0.6 is 0 Å². The summed E-state index contributed by atoms with van der Waals surface area (Å²) in [5.74, 6) is 0.710. The highest BCUT2D eigenvalue weighted by molar-refractivity contribution is 5.86. The van der Waals surface area contributed by atoms with E-state index in [-0.39, 0.29) is 17.7 Å². The molecule has 0 spiro atoms. The number of cyclic esters (lactones) is 1. The van der Waals surface area contributed by atoms with E-state index in [0.29, 0.717) is 25.4 Å². The van der Waals surface area contributed by atoms with E-state index in [2.05, 4.69) is 19.9 Å². The molecule has 0 saturated carbocycles. The zero-order valence-corrected chi connectivity index (χ0v) is 15.6.